The fraction of sp³-hybridized carbons (Fsp3) is 0.588. The summed E-state index contributed by atoms with van der Waals surface area (Å²) in [6, 6.07) is 4.68. The standard InChI is InChI=1S/C17H24N2O3S/c1-12(17(20)18-15-7-2-3-8-15)19-23(21,22)16-10-9-13-5-4-6-14(13)11-16/h9-12,15,19H,2-8H2,1H3,(H,18,20)/t12-/m1/s1. The van der Waals surface area contributed by atoms with E-state index in [0.29, 0.717) is 0 Å². The molecule has 1 amide bonds. The van der Waals surface area contributed by atoms with Crippen molar-refractivity contribution in [3.05, 3.63) is 29.3 Å². The number of nitrogens with one attached hydrogen (secondary N) is 2. The summed E-state index contributed by atoms with van der Waals surface area (Å²) >= 11 is 0. The van der Waals surface area contributed by atoms with Gasteiger partial charge in [-0.3, -0.25) is 4.79 Å². The lowest BCUT2D eigenvalue weighted by atomic mass is 10.1. The van der Waals surface area contributed by atoms with Crippen LogP contribution in [-0.4, -0.2) is 26.4 Å². The molecular formula is C17H24N2O3S. The highest BCUT2D eigenvalue weighted by molar-refractivity contribution is 7.89. The van der Waals surface area contributed by atoms with Gasteiger partial charge in [0.25, 0.3) is 0 Å². The molecular weight excluding hydrogens is 312 g/mol. The molecule has 0 aromatic heterocycles. The number of aryl methyl sites for hydroxylation is 2. The van der Waals surface area contributed by atoms with Crippen molar-refractivity contribution >= 4 is 15.9 Å². The fourth-order valence-corrected chi connectivity index (χ4v) is 4.72. The highest BCUT2D eigenvalue weighted by Crippen LogP contribution is 2.24. The predicted octanol–water partition coefficient (Wildman–Crippen LogP) is 1.90. The molecule has 23 heavy (non-hydrogen) atoms. The summed E-state index contributed by atoms with van der Waals surface area (Å²) in [5.41, 5.74) is 2.34. The Morgan fingerprint density at radius 2 is 1.83 bits per heavy atom. The van der Waals surface area contributed by atoms with E-state index in [4.69, 9.17) is 0 Å². The maximum atomic E-state index is 12.5. The molecule has 6 heteroatoms. The van der Waals surface area contributed by atoms with E-state index in [9.17, 15) is 13.2 Å². The number of benzene rings is 1. The topological polar surface area (TPSA) is 75.3 Å². The summed E-state index contributed by atoms with van der Waals surface area (Å²) in [4.78, 5) is 12.4. The quantitative estimate of drug-likeness (QED) is 0.862. The molecule has 0 spiro atoms. The molecule has 1 saturated carbocycles. The fourth-order valence-electron chi connectivity index (χ4n) is 3.47. The molecule has 3 rings (SSSR count). The second-order valence-electron chi connectivity index (χ2n) is 6.62. The molecule has 1 aromatic rings. The third-order valence-electron chi connectivity index (χ3n) is 4.81. The largest absolute Gasteiger partial charge is 0.352 e. The molecule has 126 valence electrons. The van der Waals surface area contributed by atoms with Gasteiger partial charge in [-0.2, -0.15) is 4.72 Å². The Morgan fingerprint density at radius 1 is 1.13 bits per heavy atom. The smallest absolute Gasteiger partial charge is 0.241 e. The number of hydrogen-bond acceptors (Lipinski definition) is 3. The van der Waals surface area contributed by atoms with Gasteiger partial charge in [-0.25, -0.2) is 8.42 Å². The van der Waals surface area contributed by atoms with E-state index in [1.807, 2.05) is 6.07 Å². The molecule has 5 nitrogen and oxygen atoms in total. The molecule has 2 N–H and O–H groups in total. The summed E-state index contributed by atoms with van der Waals surface area (Å²) in [7, 11) is -3.67. The number of hydrogen-bond donors (Lipinski definition) is 2. The monoisotopic (exact) mass is 336 g/mol. The van der Waals surface area contributed by atoms with E-state index in [0.717, 1.165) is 50.5 Å². The van der Waals surface area contributed by atoms with Gasteiger partial charge in [-0.05, 0) is 62.3 Å². The van der Waals surface area contributed by atoms with Crippen molar-refractivity contribution < 1.29 is 13.2 Å². The molecule has 0 bridgehead atoms. The molecule has 0 heterocycles. The van der Waals surface area contributed by atoms with E-state index < -0.39 is 16.1 Å². The molecule has 1 aromatic carbocycles. The minimum atomic E-state index is -3.67. The lowest BCUT2D eigenvalue weighted by molar-refractivity contribution is -0.123. The van der Waals surface area contributed by atoms with Gasteiger partial charge in [0.05, 0.1) is 10.9 Å². The van der Waals surface area contributed by atoms with Crippen LogP contribution >= 0.6 is 0 Å². The summed E-state index contributed by atoms with van der Waals surface area (Å²) in [6.45, 7) is 1.59. The van der Waals surface area contributed by atoms with E-state index in [-0.39, 0.29) is 16.8 Å². The first-order chi connectivity index (χ1) is 11.0. The van der Waals surface area contributed by atoms with Crippen LogP contribution in [-0.2, 0) is 27.7 Å². The minimum absolute atomic E-state index is 0.189. The maximum absolute atomic E-state index is 12.5. The summed E-state index contributed by atoms with van der Waals surface area (Å²) < 4.78 is 27.5. The lowest BCUT2D eigenvalue weighted by Gasteiger charge is -2.18. The lowest BCUT2D eigenvalue weighted by Crippen LogP contribution is -2.47. The van der Waals surface area contributed by atoms with E-state index in [2.05, 4.69) is 10.0 Å². The van der Waals surface area contributed by atoms with Crippen LogP contribution in [0, 0.1) is 0 Å². The molecule has 2 aliphatic rings. The SMILES string of the molecule is C[C@@H](NS(=O)(=O)c1ccc2c(c1)CCC2)C(=O)NC1CCCC1. The zero-order chi connectivity index (χ0) is 16.4. The molecule has 0 unspecified atom stereocenters. The number of fused-ring (bicyclic) bond motifs is 1. The zero-order valence-corrected chi connectivity index (χ0v) is 14.3. The highest BCUT2D eigenvalue weighted by Gasteiger charge is 2.25. The molecule has 1 fully saturated rings. The highest BCUT2D eigenvalue weighted by atomic mass is 32.2. The number of amides is 1. The number of sulfonamides is 1. The Hall–Kier alpha value is -1.40. The van der Waals surface area contributed by atoms with Gasteiger partial charge < -0.3 is 5.32 Å². The Bertz CT molecular complexity index is 694. The average molecular weight is 336 g/mol. The Morgan fingerprint density at radius 3 is 2.57 bits per heavy atom. The van der Waals surface area contributed by atoms with E-state index in [1.54, 1.807) is 19.1 Å². The number of rotatable bonds is 5. The first-order valence-electron chi connectivity index (χ1n) is 8.40. The molecule has 0 aliphatic heterocycles. The van der Waals surface area contributed by atoms with Crippen molar-refractivity contribution in [3.8, 4) is 0 Å². The van der Waals surface area contributed by atoms with Gasteiger partial charge >= 0.3 is 0 Å². The second-order valence-corrected chi connectivity index (χ2v) is 8.33. The zero-order valence-electron chi connectivity index (χ0n) is 13.5. The van der Waals surface area contributed by atoms with E-state index >= 15 is 0 Å². The molecule has 0 radical (unpaired) electrons. The van der Waals surface area contributed by atoms with Crippen LogP contribution in [0.15, 0.2) is 23.1 Å². The van der Waals surface area contributed by atoms with Crippen molar-refractivity contribution in [1.82, 2.24) is 10.0 Å². The molecule has 2 aliphatic carbocycles. The van der Waals surface area contributed by atoms with Crippen molar-refractivity contribution in [2.24, 2.45) is 0 Å². The van der Waals surface area contributed by atoms with Crippen LogP contribution in [0.4, 0.5) is 0 Å². The first kappa shape index (κ1) is 16.5. The van der Waals surface area contributed by atoms with Crippen molar-refractivity contribution in [2.75, 3.05) is 0 Å². The summed E-state index contributed by atoms with van der Waals surface area (Å²) in [5.74, 6) is -0.248. The van der Waals surface area contributed by atoms with Crippen LogP contribution in [0.3, 0.4) is 0 Å². The normalized spacial score (nSPS) is 19.5. The minimum Gasteiger partial charge on any atom is -0.352 e. The first-order valence-corrected chi connectivity index (χ1v) is 9.88. The van der Waals surface area contributed by atoms with Gasteiger partial charge in [0.1, 0.15) is 0 Å². The average Bonchev–Trinajstić information content (AvgIpc) is 3.16. The molecule has 0 saturated heterocycles. The van der Waals surface area contributed by atoms with Crippen molar-refractivity contribution in [2.45, 2.75) is 68.8 Å². The Balaban J connectivity index is 1.66. The number of carbonyl (C=O) groups is 1. The summed E-state index contributed by atoms with van der Waals surface area (Å²) in [5, 5.41) is 2.93. The van der Waals surface area contributed by atoms with Gasteiger partial charge in [0.15, 0.2) is 0 Å². The number of carbonyl (C=O) groups excluding carboxylic acids is 1. The van der Waals surface area contributed by atoms with Gasteiger partial charge in [-0.15, -0.1) is 0 Å². The van der Waals surface area contributed by atoms with Crippen LogP contribution < -0.4 is 10.0 Å². The predicted molar refractivity (Wildman–Crippen MR) is 88.6 cm³/mol. The van der Waals surface area contributed by atoms with Crippen LogP contribution in [0.25, 0.3) is 0 Å². The second kappa shape index (κ2) is 6.61. The van der Waals surface area contributed by atoms with Crippen molar-refractivity contribution in [3.63, 3.8) is 0 Å². The third kappa shape index (κ3) is 3.75. The third-order valence-corrected chi connectivity index (χ3v) is 6.35. The van der Waals surface area contributed by atoms with Gasteiger partial charge in [0, 0.05) is 6.04 Å². The molecule has 1 atom stereocenters. The Kier molecular flexibility index (Phi) is 4.73. The van der Waals surface area contributed by atoms with E-state index in [1.165, 1.54) is 5.56 Å². The van der Waals surface area contributed by atoms with Gasteiger partial charge in [-0.1, -0.05) is 18.9 Å². The van der Waals surface area contributed by atoms with Gasteiger partial charge in [0.2, 0.25) is 15.9 Å². The maximum Gasteiger partial charge on any atom is 0.241 e. The summed E-state index contributed by atoms with van der Waals surface area (Å²) in [6.07, 6.45) is 7.23. The Labute approximate surface area is 137 Å². The van der Waals surface area contributed by atoms with Crippen molar-refractivity contribution in [1.29, 1.82) is 0 Å². The van der Waals surface area contributed by atoms with Crippen LogP contribution in [0.2, 0.25) is 0 Å². The van der Waals surface area contributed by atoms with Crippen LogP contribution in [0.5, 0.6) is 0 Å². The van der Waals surface area contributed by atoms with Crippen LogP contribution in [0.1, 0.15) is 50.2 Å².